The third-order valence-corrected chi connectivity index (χ3v) is 6.84. The van der Waals surface area contributed by atoms with Crippen LogP contribution in [0.15, 0.2) is 42.0 Å². The van der Waals surface area contributed by atoms with Crippen LogP contribution in [0.25, 0.3) is 5.76 Å². The van der Waals surface area contributed by atoms with Crippen LogP contribution < -0.4 is 19.5 Å². The molecule has 2 aliphatic heterocycles. The average molecular weight is 497 g/mol. The van der Waals surface area contributed by atoms with E-state index in [1.54, 1.807) is 37.4 Å². The normalized spacial score (nSPS) is 20.1. The zero-order valence-corrected chi connectivity index (χ0v) is 20.8. The summed E-state index contributed by atoms with van der Waals surface area (Å²) >= 11 is 0. The van der Waals surface area contributed by atoms with Gasteiger partial charge < -0.3 is 34.2 Å². The van der Waals surface area contributed by atoms with Gasteiger partial charge in [-0.05, 0) is 47.9 Å². The molecule has 0 aliphatic carbocycles. The Labute approximate surface area is 210 Å². The van der Waals surface area contributed by atoms with E-state index in [0.29, 0.717) is 43.1 Å². The Balaban J connectivity index is 1.73. The Kier molecular flexibility index (Phi) is 7.81. The number of phenolic OH excluding ortho intramolecular Hbond substituents is 1. The molecule has 0 saturated carbocycles. The number of amides is 1. The van der Waals surface area contributed by atoms with Gasteiger partial charge in [-0.2, -0.15) is 0 Å². The maximum Gasteiger partial charge on any atom is 0.295 e. The van der Waals surface area contributed by atoms with E-state index in [2.05, 4.69) is 0 Å². The zero-order valence-electron chi connectivity index (χ0n) is 20.8. The molecule has 2 aliphatic rings. The molecule has 4 rings (SSSR count). The van der Waals surface area contributed by atoms with Crippen LogP contribution in [0.4, 0.5) is 0 Å². The SMILES string of the molecule is COc1ccc(/C([O-])=C2\C(=O)C(=O)N(CCC[NH+]3CCOCC3)C2c2ccc(O)c(OC)c2)cc1C. The summed E-state index contributed by atoms with van der Waals surface area (Å²) in [5.74, 6) is -1.25. The number of aromatic hydroxyl groups is 1. The van der Waals surface area contributed by atoms with Crippen molar-refractivity contribution in [2.75, 3.05) is 53.6 Å². The van der Waals surface area contributed by atoms with E-state index >= 15 is 0 Å². The number of hydrogen-bond acceptors (Lipinski definition) is 7. The Morgan fingerprint density at radius 3 is 2.50 bits per heavy atom. The van der Waals surface area contributed by atoms with Crippen LogP contribution in [0.1, 0.15) is 29.2 Å². The first-order valence-electron chi connectivity index (χ1n) is 12.1. The molecule has 1 unspecified atom stereocenters. The number of carbonyl (C=O) groups is 2. The molecule has 2 aromatic carbocycles. The van der Waals surface area contributed by atoms with Gasteiger partial charge >= 0.3 is 0 Å². The van der Waals surface area contributed by atoms with Crippen molar-refractivity contribution in [1.29, 1.82) is 0 Å². The standard InChI is InChI=1S/C27H32N2O7/c1-17-15-19(6-8-21(17)34-2)25(31)23-24(18-5-7-20(30)22(16-18)35-3)29(27(33)26(23)32)10-4-9-28-11-13-36-14-12-28/h5-8,15-16,24,30-31H,4,9-14H2,1-3H3/b25-23+. The first-order valence-corrected chi connectivity index (χ1v) is 12.1. The zero-order chi connectivity index (χ0) is 25.8. The molecule has 0 bridgehead atoms. The van der Waals surface area contributed by atoms with E-state index in [1.807, 2.05) is 6.92 Å². The third-order valence-electron chi connectivity index (χ3n) is 6.84. The van der Waals surface area contributed by atoms with E-state index in [4.69, 9.17) is 14.2 Å². The second-order valence-electron chi connectivity index (χ2n) is 9.05. The lowest BCUT2D eigenvalue weighted by atomic mass is 9.94. The quantitative estimate of drug-likeness (QED) is 0.306. The molecule has 9 heteroatoms. The van der Waals surface area contributed by atoms with Crippen molar-refractivity contribution < 1.29 is 38.9 Å². The summed E-state index contributed by atoms with van der Waals surface area (Å²) in [6.45, 7) is 6.18. The van der Waals surface area contributed by atoms with Gasteiger partial charge in [-0.1, -0.05) is 17.9 Å². The van der Waals surface area contributed by atoms with Gasteiger partial charge in [0.15, 0.2) is 11.5 Å². The van der Waals surface area contributed by atoms with Crippen LogP contribution in [-0.4, -0.2) is 75.3 Å². The first kappa shape index (κ1) is 25.5. The van der Waals surface area contributed by atoms with Gasteiger partial charge in [0.1, 0.15) is 18.8 Å². The summed E-state index contributed by atoms with van der Waals surface area (Å²) in [5, 5.41) is 23.7. The predicted octanol–water partition coefficient (Wildman–Crippen LogP) is 0.247. The van der Waals surface area contributed by atoms with Crippen molar-refractivity contribution in [2.45, 2.75) is 19.4 Å². The lowest BCUT2D eigenvalue weighted by Crippen LogP contribution is -3.14. The van der Waals surface area contributed by atoms with Crippen LogP contribution in [0, 0.1) is 6.92 Å². The number of ketones is 1. The lowest BCUT2D eigenvalue weighted by molar-refractivity contribution is -0.908. The Morgan fingerprint density at radius 2 is 1.83 bits per heavy atom. The van der Waals surface area contributed by atoms with Gasteiger partial charge in [0.05, 0.1) is 40.0 Å². The average Bonchev–Trinajstić information content (AvgIpc) is 3.14. The van der Waals surface area contributed by atoms with Crippen molar-refractivity contribution >= 4 is 17.4 Å². The number of phenols is 1. The number of nitrogens with one attached hydrogen (secondary N) is 1. The van der Waals surface area contributed by atoms with Crippen LogP contribution in [0.2, 0.25) is 0 Å². The minimum Gasteiger partial charge on any atom is -0.872 e. The maximum atomic E-state index is 13.7. The maximum absolute atomic E-state index is 13.7. The summed E-state index contributed by atoms with van der Waals surface area (Å²) in [6, 6.07) is 8.67. The van der Waals surface area contributed by atoms with Crippen LogP contribution in [0.5, 0.6) is 17.2 Å². The number of Topliss-reactive ketones (excluding diaryl/α,β-unsaturated/α-hetero) is 1. The summed E-state index contributed by atoms with van der Waals surface area (Å²) < 4.78 is 16.0. The van der Waals surface area contributed by atoms with Gasteiger partial charge in [0, 0.05) is 18.5 Å². The fourth-order valence-corrected chi connectivity index (χ4v) is 4.90. The predicted molar refractivity (Wildman–Crippen MR) is 130 cm³/mol. The molecule has 2 heterocycles. The van der Waals surface area contributed by atoms with Gasteiger partial charge in [0.2, 0.25) is 5.78 Å². The summed E-state index contributed by atoms with van der Waals surface area (Å²) in [6.07, 6.45) is 0.670. The highest BCUT2D eigenvalue weighted by atomic mass is 16.5. The molecule has 0 aromatic heterocycles. The smallest absolute Gasteiger partial charge is 0.295 e. The molecule has 0 spiro atoms. The van der Waals surface area contributed by atoms with Gasteiger partial charge in [0.25, 0.3) is 5.91 Å². The lowest BCUT2D eigenvalue weighted by Gasteiger charge is -2.29. The molecule has 192 valence electrons. The van der Waals surface area contributed by atoms with Crippen LogP contribution in [0.3, 0.4) is 0 Å². The highest BCUT2D eigenvalue weighted by Crippen LogP contribution is 2.41. The van der Waals surface area contributed by atoms with Gasteiger partial charge in [-0.3, -0.25) is 9.59 Å². The van der Waals surface area contributed by atoms with Crippen LogP contribution >= 0.6 is 0 Å². The number of aryl methyl sites for hydroxylation is 1. The van der Waals surface area contributed by atoms with Crippen molar-refractivity contribution in [3.8, 4) is 17.2 Å². The minimum atomic E-state index is -0.880. The molecule has 1 amide bonds. The largest absolute Gasteiger partial charge is 0.872 e. The first-order chi connectivity index (χ1) is 17.3. The number of morpholine rings is 1. The van der Waals surface area contributed by atoms with Crippen molar-refractivity contribution in [3.63, 3.8) is 0 Å². The fraction of sp³-hybridized carbons (Fsp3) is 0.407. The Bertz CT molecular complexity index is 1170. The van der Waals surface area contributed by atoms with E-state index in [0.717, 1.165) is 25.2 Å². The highest BCUT2D eigenvalue weighted by molar-refractivity contribution is 6.46. The molecule has 0 radical (unpaired) electrons. The number of carbonyl (C=O) groups excluding carboxylic acids is 2. The van der Waals surface area contributed by atoms with Crippen LogP contribution in [-0.2, 0) is 14.3 Å². The van der Waals surface area contributed by atoms with Crippen molar-refractivity contribution in [1.82, 2.24) is 4.90 Å². The Hall–Kier alpha value is -3.56. The molecule has 2 fully saturated rings. The molecule has 2 aromatic rings. The number of methoxy groups -OCH3 is 2. The molecule has 1 atom stereocenters. The number of hydrogen-bond donors (Lipinski definition) is 2. The van der Waals surface area contributed by atoms with E-state index < -0.39 is 23.5 Å². The number of ether oxygens (including phenoxy) is 3. The van der Waals surface area contributed by atoms with Gasteiger partial charge in [-0.25, -0.2) is 0 Å². The third kappa shape index (κ3) is 5.03. The van der Waals surface area contributed by atoms with Crippen molar-refractivity contribution in [3.05, 3.63) is 58.7 Å². The molecule has 2 N–H and O–H groups in total. The minimum absolute atomic E-state index is 0.0713. The molecule has 2 saturated heterocycles. The monoisotopic (exact) mass is 496 g/mol. The van der Waals surface area contributed by atoms with E-state index in [-0.39, 0.29) is 17.1 Å². The molecule has 9 nitrogen and oxygen atoms in total. The molecule has 36 heavy (non-hydrogen) atoms. The molecular weight excluding hydrogens is 464 g/mol. The summed E-state index contributed by atoms with van der Waals surface area (Å²) in [7, 11) is 2.96. The number of nitrogens with zero attached hydrogens (tertiary/aromatic N) is 1. The number of quaternary nitrogens is 1. The topological polar surface area (TPSA) is 113 Å². The van der Waals surface area contributed by atoms with E-state index in [9.17, 15) is 19.8 Å². The number of benzene rings is 2. The van der Waals surface area contributed by atoms with Crippen molar-refractivity contribution in [2.24, 2.45) is 0 Å². The summed E-state index contributed by atoms with van der Waals surface area (Å²) in [5.41, 5.74) is 1.47. The highest BCUT2D eigenvalue weighted by Gasteiger charge is 2.44. The summed E-state index contributed by atoms with van der Waals surface area (Å²) in [4.78, 5) is 29.3. The Morgan fingerprint density at radius 1 is 1.11 bits per heavy atom. The second-order valence-corrected chi connectivity index (χ2v) is 9.05. The number of rotatable bonds is 8. The number of likely N-dealkylation sites (tertiary alicyclic amines) is 1. The fourth-order valence-electron chi connectivity index (χ4n) is 4.90. The second kappa shape index (κ2) is 11.0. The van der Waals surface area contributed by atoms with Gasteiger partial charge in [-0.15, -0.1) is 0 Å². The van der Waals surface area contributed by atoms with E-state index in [1.165, 1.54) is 23.0 Å². The molecular formula is C27H32N2O7.